The van der Waals surface area contributed by atoms with Gasteiger partial charge in [0.2, 0.25) is 0 Å². The van der Waals surface area contributed by atoms with Gasteiger partial charge in [-0.15, -0.1) is 11.3 Å². The number of methoxy groups -OCH3 is 1. The van der Waals surface area contributed by atoms with E-state index < -0.39 is 0 Å². The summed E-state index contributed by atoms with van der Waals surface area (Å²) in [7, 11) is 1.70. The molecular formula is C17H26N4OS. The average molecular weight is 334 g/mol. The molecule has 1 N–H and O–H groups in total. The van der Waals surface area contributed by atoms with Crippen LogP contribution in [-0.2, 0) is 29.8 Å². The molecule has 0 fully saturated rings. The van der Waals surface area contributed by atoms with Gasteiger partial charge in [0.15, 0.2) is 0 Å². The van der Waals surface area contributed by atoms with Crippen molar-refractivity contribution < 1.29 is 4.74 Å². The van der Waals surface area contributed by atoms with Gasteiger partial charge in [0.1, 0.15) is 5.01 Å². The van der Waals surface area contributed by atoms with Crippen LogP contribution in [0.1, 0.15) is 61.6 Å². The molecular weight excluding hydrogens is 308 g/mol. The Labute approximate surface area is 142 Å². The Morgan fingerprint density at radius 2 is 2.26 bits per heavy atom. The van der Waals surface area contributed by atoms with Crippen molar-refractivity contribution in [3.63, 3.8) is 0 Å². The monoisotopic (exact) mass is 334 g/mol. The van der Waals surface area contributed by atoms with E-state index in [4.69, 9.17) is 4.74 Å². The first kappa shape index (κ1) is 16.6. The Hall–Kier alpha value is -1.24. The molecule has 2 aromatic heterocycles. The Kier molecular flexibility index (Phi) is 4.85. The van der Waals surface area contributed by atoms with Gasteiger partial charge in [-0.05, 0) is 40.0 Å². The lowest BCUT2D eigenvalue weighted by molar-refractivity contribution is 0.184. The molecule has 1 aliphatic rings. The summed E-state index contributed by atoms with van der Waals surface area (Å²) in [6.45, 7) is 8.03. The minimum atomic E-state index is 0.0411. The molecule has 0 radical (unpaired) electrons. The fourth-order valence-corrected chi connectivity index (χ4v) is 3.96. The molecule has 2 heterocycles. The van der Waals surface area contributed by atoms with E-state index in [2.05, 4.69) is 52.4 Å². The second kappa shape index (κ2) is 6.71. The molecule has 0 saturated carbocycles. The number of nitrogens with one attached hydrogen (secondary N) is 1. The van der Waals surface area contributed by atoms with Gasteiger partial charge < -0.3 is 10.1 Å². The molecule has 0 aromatic carbocycles. The van der Waals surface area contributed by atoms with Gasteiger partial charge in [-0.2, -0.15) is 5.10 Å². The van der Waals surface area contributed by atoms with Crippen molar-refractivity contribution in [2.75, 3.05) is 7.11 Å². The summed E-state index contributed by atoms with van der Waals surface area (Å²) in [5, 5.41) is 11.5. The summed E-state index contributed by atoms with van der Waals surface area (Å²) in [4.78, 5) is 4.60. The maximum Gasteiger partial charge on any atom is 0.119 e. The molecule has 0 unspecified atom stereocenters. The van der Waals surface area contributed by atoms with E-state index in [0.29, 0.717) is 12.6 Å². The molecule has 23 heavy (non-hydrogen) atoms. The number of ether oxygens (including phenoxy) is 1. The first-order valence-electron chi connectivity index (χ1n) is 8.22. The van der Waals surface area contributed by atoms with Gasteiger partial charge in [-0.3, -0.25) is 4.68 Å². The Morgan fingerprint density at radius 3 is 3.00 bits per heavy atom. The predicted molar refractivity (Wildman–Crippen MR) is 92.6 cm³/mol. The maximum atomic E-state index is 5.13. The Bertz CT molecular complexity index is 656. The molecule has 126 valence electrons. The number of thiazole rings is 1. The third-order valence-corrected chi connectivity index (χ3v) is 5.09. The summed E-state index contributed by atoms with van der Waals surface area (Å²) >= 11 is 1.66. The van der Waals surface area contributed by atoms with Crippen LogP contribution in [-0.4, -0.2) is 21.9 Å². The van der Waals surface area contributed by atoms with Gasteiger partial charge in [-0.1, -0.05) is 0 Å². The first-order valence-corrected chi connectivity index (χ1v) is 9.10. The van der Waals surface area contributed by atoms with E-state index in [1.807, 2.05) is 0 Å². The fourth-order valence-electron chi connectivity index (χ4n) is 3.19. The average Bonchev–Trinajstić information content (AvgIpc) is 3.11. The quantitative estimate of drug-likeness (QED) is 0.910. The SMILES string of the molecule is COCc1nc(CN[C@@H]2CCCc3c2cnn3C(C)(C)C)cs1. The zero-order chi connectivity index (χ0) is 16.4. The molecule has 0 amide bonds. The molecule has 0 spiro atoms. The molecule has 5 nitrogen and oxygen atoms in total. The third-order valence-electron chi connectivity index (χ3n) is 4.22. The van der Waals surface area contributed by atoms with Crippen LogP contribution in [0.3, 0.4) is 0 Å². The number of hydrogen-bond acceptors (Lipinski definition) is 5. The molecule has 0 aliphatic heterocycles. The van der Waals surface area contributed by atoms with E-state index in [0.717, 1.165) is 30.1 Å². The van der Waals surface area contributed by atoms with Gasteiger partial charge in [-0.25, -0.2) is 4.98 Å². The standard InChI is InChI=1S/C17H26N4OS/c1-17(2,3)21-15-7-5-6-14(13(15)9-19-21)18-8-12-11-23-16(20-12)10-22-4/h9,11,14,18H,5-8,10H2,1-4H3/t14-/m1/s1. The van der Waals surface area contributed by atoms with Crippen LogP contribution in [0.5, 0.6) is 0 Å². The van der Waals surface area contributed by atoms with Crippen molar-refractivity contribution in [2.45, 2.75) is 64.8 Å². The number of aromatic nitrogens is 3. The molecule has 0 bridgehead atoms. The number of nitrogens with zero attached hydrogens (tertiary/aromatic N) is 3. The zero-order valence-electron chi connectivity index (χ0n) is 14.4. The largest absolute Gasteiger partial charge is 0.378 e. The highest BCUT2D eigenvalue weighted by Crippen LogP contribution is 2.32. The van der Waals surface area contributed by atoms with Crippen molar-refractivity contribution >= 4 is 11.3 Å². The van der Waals surface area contributed by atoms with Crippen LogP contribution in [0.25, 0.3) is 0 Å². The molecule has 3 rings (SSSR count). The van der Waals surface area contributed by atoms with Crippen LogP contribution < -0.4 is 5.32 Å². The van der Waals surface area contributed by atoms with E-state index >= 15 is 0 Å². The van der Waals surface area contributed by atoms with E-state index in [9.17, 15) is 0 Å². The third kappa shape index (κ3) is 3.65. The highest BCUT2D eigenvalue weighted by Gasteiger charge is 2.27. The zero-order valence-corrected chi connectivity index (χ0v) is 15.2. The maximum absolute atomic E-state index is 5.13. The van der Waals surface area contributed by atoms with Gasteiger partial charge in [0.25, 0.3) is 0 Å². The molecule has 6 heteroatoms. The number of fused-ring (bicyclic) bond motifs is 1. The fraction of sp³-hybridized carbons (Fsp3) is 0.647. The molecule has 1 atom stereocenters. The summed E-state index contributed by atoms with van der Waals surface area (Å²) in [5.74, 6) is 0. The Balaban J connectivity index is 1.69. The smallest absolute Gasteiger partial charge is 0.119 e. The van der Waals surface area contributed by atoms with Gasteiger partial charge in [0.05, 0.1) is 24.0 Å². The summed E-state index contributed by atoms with van der Waals surface area (Å²) in [5.41, 5.74) is 3.88. The lowest BCUT2D eigenvalue weighted by Gasteiger charge is -2.28. The van der Waals surface area contributed by atoms with Crippen molar-refractivity contribution in [1.82, 2.24) is 20.1 Å². The van der Waals surface area contributed by atoms with Crippen LogP contribution in [0.2, 0.25) is 0 Å². The van der Waals surface area contributed by atoms with Gasteiger partial charge >= 0.3 is 0 Å². The normalized spacial score (nSPS) is 18.2. The van der Waals surface area contributed by atoms with Crippen molar-refractivity contribution in [1.29, 1.82) is 0 Å². The topological polar surface area (TPSA) is 52.0 Å². The molecule has 0 saturated heterocycles. The van der Waals surface area contributed by atoms with Crippen LogP contribution in [0.4, 0.5) is 0 Å². The second-order valence-electron chi connectivity index (χ2n) is 7.12. The Morgan fingerprint density at radius 1 is 1.43 bits per heavy atom. The highest BCUT2D eigenvalue weighted by atomic mass is 32.1. The van der Waals surface area contributed by atoms with Crippen molar-refractivity contribution in [2.24, 2.45) is 0 Å². The number of hydrogen-bond donors (Lipinski definition) is 1. The summed E-state index contributed by atoms with van der Waals surface area (Å²) in [6, 6.07) is 0.377. The van der Waals surface area contributed by atoms with Crippen molar-refractivity contribution in [3.8, 4) is 0 Å². The number of rotatable bonds is 5. The van der Waals surface area contributed by atoms with Crippen LogP contribution in [0.15, 0.2) is 11.6 Å². The van der Waals surface area contributed by atoms with Crippen LogP contribution >= 0.6 is 11.3 Å². The van der Waals surface area contributed by atoms with E-state index in [1.165, 1.54) is 17.7 Å². The lowest BCUT2D eigenvalue weighted by atomic mass is 9.92. The van der Waals surface area contributed by atoms with Gasteiger partial charge in [0, 0.05) is 36.3 Å². The van der Waals surface area contributed by atoms with E-state index in [-0.39, 0.29) is 5.54 Å². The van der Waals surface area contributed by atoms with Crippen LogP contribution in [0, 0.1) is 0 Å². The second-order valence-corrected chi connectivity index (χ2v) is 8.06. The predicted octanol–water partition coefficient (Wildman–Crippen LogP) is 3.41. The molecule has 1 aliphatic carbocycles. The first-order chi connectivity index (χ1) is 11.0. The molecule has 2 aromatic rings. The van der Waals surface area contributed by atoms with E-state index in [1.54, 1.807) is 18.4 Å². The summed E-state index contributed by atoms with van der Waals surface area (Å²) < 4.78 is 7.32. The minimum absolute atomic E-state index is 0.0411. The minimum Gasteiger partial charge on any atom is -0.378 e. The highest BCUT2D eigenvalue weighted by molar-refractivity contribution is 7.09. The lowest BCUT2D eigenvalue weighted by Crippen LogP contribution is -2.29. The van der Waals surface area contributed by atoms with Crippen molar-refractivity contribution in [3.05, 3.63) is 33.5 Å². The summed E-state index contributed by atoms with van der Waals surface area (Å²) in [6.07, 6.45) is 5.55.